The summed E-state index contributed by atoms with van der Waals surface area (Å²) < 4.78 is 0. The first-order valence-electron chi connectivity index (χ1n) is 11.7. The Labute approximate surface area is 186 Å². The molecule has 0 saturated carbocycles. The Kier molecular flexibility index (Phi) is 6.80. The highest BCUT2D eigenvalue weighted by Crippen LogP contribution is 2.33. The minimum absolute atomic E-state index is 0.215. The van der Waals surface area contributed by atoms with Crippen molar-refractivity contribution in [3.8, 4) is 12.1 Å². The third-order valence-electron chi connectivity index (χ3n) is 7.36. The van der Waals surface area contributed by atoms with Crippen molar-refractivity contribution in [1.29, 1.82) is 10.5 Å². The molecule has 3 aliphatic heterocycles. The van der Waals surface area contributed by atoms with Gasteiger partial charge < -0.3 is 9.80 Å². The van der Waals surface area contributed by atoms with Gasteiger partial charge in [-0.15, -0.1) is 0 Å². The lowest BCUT2D eigenvalue weighted by molar-refractivity contribution is 0.0742. The van der Waals surface area contributed by atoms with Crippen LogP contribution in [0.15, 0.2) is 41.7 Å². The third kappa shape index (κ3) is 4.56. The highest BCUT2D eigenvalue weighted by Gasteiger charge is 2.39. The molecule has 0 spiro atoms. The van der Waals surface area contributed by atoms with Crippen LogP contribution < -0.4 is 0 Å². The molecule has 0 N–H and O–H groups in total. The SMILES string of the molecule is CC(N1CCN(C2CCN(Cc3ccccc3)CC2)C1=C(C#N)C#N)N1CCC[C@@H]1C. The van der Waals surface area contributed by atoms with Gasteiger partial charge in [-0.25, -0.2) is 0 Å². The third-order valence-corrected chi connectivity index (χ3v) is 7.36. The lowest BCUT2D eigenvalue weighted by Gasteiger charge is -2.41. The highest BCUT2D eigenvalue weighted by atomic mass is 15.5. The Balaban J connectivity index is 1.46. The molecule has 164 valence electrons. The Morgan fingerprint density at radius 3 is 2.32 bits per heavy atom. The molecule has 0 aromatic heterocycles. The molecule has 1 unspecified atom stereocenters. The van der Waals surface area contributed by atoms with E-state index in [9.17, 15) is 10.5 Å². The molecule has 4 rings (SSSR count). The second kappa shape index (κ2) is 9.73. The van der Waals surface area contributed by atoms with Crippen LogP contribution in [0.1, 0.15) is 45.1 Å². The first-order chi connectivity index (χ1) is 15.1. The summed E-state index contributed by atoms with van der Waals surface area (Å²) in [5.74, 6) is 0.873. The van der Waals surface area contributed by atoms with E-state index in [-0.39, 0.29) is 11.7 Å². The predicted octanol–water partition coefficient (Wildman–Crippen LogP) is 3.36. The number of allylic oxidation sites excluding steroid dienone is 1. The molecule has 3 heterocycles. The molecule has 31 heavy (non-hydrogen) atoms. The van der Waals surface area contributed by atoms with Crippen LogP contribution in [0.25, 0.3) is 0 Å². The van der Waals surface area contributed by atoms with Crippen LogP contribution in [-0.2, 0) is 6.54 Å². The number of rotatable bonds is 5. The number of likely N-dealkylation sites (tertiary alicyclic amines) is 2. The zero-order chi connectivity index (χ0) is 21.8. The van der Waals surface area contributed by atoms with Crippen molar-refractivity contribution >= 4 is 0 Å². The Morgan fingerprint density at radius 2 is 1.71 bits per heavy atom. The quantitative estimate of drug-likeness (QED) is 0.684. The molecule has 0 amide bonds. The summed E-state index contributed by atoms with van der Waals surface area (Å²) in [6.07, 6.45) is 4.81. The maximum absolute atomic E-state index is 9.72. The van der Waals surface area contributed by atoms with E-state index in [0.717, 1.165) is 57.9 Å². The van der Waals surface area contributed by atoms with Gasteiger partial charge in [0, 0.05) is 51.4 Å². The fourth-order valence-corrected chi connectivity index (χ4v) is 5.64. The van der Waals surface area contributed by atoms with Gasteiger partial charge in [-0.3, -0.25) is 9.80 Å². The molecule has 2 atom stereocenters. The standard InChI is InChI=1S/C25H34N6/c1-20-7-6-12-29(20)21(2)30-15-16-31(25(30)23(17-26)18-27)24-10-13-28(14-11-24)19-22-8-4-3-5-9-22/h3-5,8-9,20-21,24H,6-7,10-16,19H2,1-2H3/t20-,21?/m0/s1. The van der Waals surface area contributed by atoms with E-state index in [4.69, 9.17) is 0 Å². The molecule has 3 aliphatic rings. The van der Waals surface area contributed by atoms with Crippen LogP contribution in [0.2, 0.25) is 0 Å². The second-order valence-corrected chi connectivity index (χ2v) is 9.16. The largest absolute Gasteiger partial charge is 0.352 e. The topological polar surface area (TPSA) is 60.5 Å². The van der Waals surface area contributed by atoms with Crippen molar-refractivity contribution in [2.24, 2.45) is 0 Å². The van der Waals surface area contributed by atoms with E-state index >= 15 is 0 Å². The summed E-state index contributed by atoms with van der Waals surface area (Å²) in [4.78, 5) is 9.74. The van der Waals surface area contributed by atoms with E-state index in [1.54, 1.807) is 0 Å². The lowest BCUT2D eigenvalue weighted by Crippen LogP contribution is -2.48. The van der Waals surface area contributed by atoms with Gasteiger partial charge in [0.05, 0.1) is 6.17 Å². The number of hydrogen-bond donors (Lipinski definition) is 0. The average molecular weight is 419 g/mol. The fourth-order valence-electron chi connectivity index (χ4n) is 5.64. The summed E-state index contributed by atoms with van der Waals surface area (Å²) in [5, 5.41) is 19.4. The van der Waals surface area contributed by atoms with Crippen molar-refractivity contribution in [3.63, 3.8) is 0 Å². The maximum Gasteiger partial charge on any atom is 0.169 e. The monoisotopic (exact) mass is 418 g/mol. The van der Waals surface area contributed by atoms with Gasteiger partial charge >= 0.3 is 0 Å². The van der Waals surface area contributed by atoms with E-state index in [1.807, 2.05) is 0 Å². The smallest absolute Gasteiger partial charge is 0.169 e. The van der Waals surface area contributed by atoms with Crippen LogP contribution in [0.4, 0.5) is 0 Å². The average Bonchev–Trinajstić information content (AvgIpc) is 3.42. The van der Waals surface area contributed by atoms with Crippen molar-refractivity contribution < 1.29 is 0 Å². The van der Waals surface area contributed by atoms with Gasteiger partial charge in [-0.1, -0.05) is 30.3 Å². The minimum Gasteiger partial charge on any atom is -0.352 e. The summed E-state index contributed by atoms with van der Waals surface area (Å²) >= 11 is 0. The number of benzene rings is 1. The van der Waals surface area contributed by atoms with Crippen LogP contribution in [-0.4, -0.2) is 70.6 Å². The molecule has 0 aliphatic carbocycles. The van der Waals surface area contributed by atoms with Crippen molar-refractivity contribution in [2.75, 3.05) is 32.7 Å². The molecule has 6 nitrogen and oxygen atoms in total. The number of nitrogens with zero attached hydrogens (tertiary/aromatic N) is 6. The van der Waals surface area contributed by atoms with Gasteiger partial charge in [0.25, 0.3) is 0 Å². The zero-order valence-corrected chi connectivity index (χ0v) is 18.9. The summed E-state index contributed by atoms with van der Waals surface area (Å²) in [6.45, 7) is 10.5. The van der Waals surface area contributed by atoms with E-state index < -0.39 is 0 Å². The van der Waals surface area contributed by atoms with Crippen LogP contribution >= 0.6 is 0 Å². The van der Waals surface area contributed by atoms with E-state index in [0.29, 0.717) is 12.1 Å². The van der Waals surface area contributed by atoms with Gasteiger partial charge in [0.1, 0.15) is 18.0 Å². The molecule has 0 radical (unpaired) electrons. The van der Waals surface area contributed by atoms with Gasteiger partial charge in [0.2, 0.25) is 0 Å². The molecular weight excluding hydrogens is 384 g/mol. The predicted molar refractivity (Wildman–Crippen MR) is 121 cm³/mol. The fraction of sp³-hybridized carbons (Fsp3) is 0.600. The van der Waals surface area contributed by atoms with Crippen molar-refractivity contribution in [3.05, 3.63) is 47.3 Å². The van der Waals surface area contributed by atoms with Crippen molar-refractivity contribution in [2.45, 2.75) is 64.3 Å². The van der Waals surface area contributed by atoms with Gasteiger partial charge in [-0.05, 0) is 45.1 Å². The summed E-state index contributed by atoms with van der Waals surface area (Å²) in [5.41, 5.74) is 1.63. The van der Waals surface area contributed by atoms with E-state index in [2.05, 4.69) is 75.9 Å². The van der Waals surface area contributed by atoms with Gasteiger partial charge in [0.15, 0.2) is 5.57 Å². The lowest BCUT2D eigenvalue weighted by atomic mass is 10.0. The molecular formula is C25H34N6. The van der Waals surface area contributed by atoms with Gasteiger partial charge in [-0.2, -0.15) is 10.5 Å². The Morgan fingerprint density at radius 1 is 1.00 bits per heavy atom. The van der Waals surface area contributed by atoms with Crippen LogP contribution in [0.5, 0.6) is 0 Å². The van der Waals surface area contributed by atoms with E-state index in [1.165, 1.54) is 18.4 Å². The number of hydrogen-bond acceptors (Lipinski definition) is 6. The summed E-state index contributed by atoms with van der Waals surface area (Å²) in [6, 6.07) is 16.0. The molecule has 3 fully saturated rings. The molecule has 3 saturated heterocycles. The molecule has 1 aromatic carbocycles. The number of nitriles is 2. The maximum atomic E-state index is 9.72. The number of piperidine rings is 1. The molecule has 6 heteroatoms. The zero-order valence-electron chi connectivity index (χ0n) is 18.9. The Hall–Kier alpha value is -2.54. The Bertz CT molecular complexity index is 842. The van der Waals surface area contributed by atoms with Crippen LogP contribution in [0.3, 0.4) is 0 Å². The first-order valence-corrected chi connectivity index (χ1v) is 11.7. The highest BCUT2D eigenvalue weighted by molar-refractivity contribution is 5.40. The minimum atomic E-state index is 0.215. The normalized spacial score (nSPS) is 24.3. The molecule has 0 bridgehead atoms. The van der Waals surface area contributed by atoms with Crippen LogP contribution in [0, 0.1) is 22.7 Å². The molecule has 1 aromatic rings. The summed E-state index contributed by atoms with van der Waals surface area (Å²) in [7, 11) is 0. The van der Waals surface area contributed by atoms with Crippen molar-refractivity contribution in [1.82, 2.24) is 19.6 Å². The first kappa shape index (κ1) is 21.7. The second-order valence-electron chi connectivity index (χ2n) is 9.16.